The van der Waals surface area contributed by atoms with Crippen molar-refractivity contribution in [1.82, 2.24) is 0 Å². The van der Waals surface area contributed by atoms with Crippen molar-refractivity contribution in [2.24, 2.45) is 0 Å². The molecule has 0 saturated carbocycles. The molecule has 0 bridgehead atoms. The molecule has 2 nitrogen and oxygen atoms in total. The molecule has 24 heavy (non-hydrogen) atoms. The number of benzene rings is 1. The van der Waals surface area contributed by atoms with Gasteiger partial charge in [-0.15, -0.1) is 0 Å². The van der Waals surface area contributed by atoms with Crippen LogP contribution in [0.1, 0.15) is 30.0 Å². The average Bonchev–Trinajstić information content (AvgIpc) is 3.09. The molecule has 0 aromatic heterocycles. The van der Waals surface area contributed by atoms with Crippen LogP contribution in [0.15, 0.2) is 42.0 Å². The fourth-order valence-corrected chi connectivity index (χ4v) is 4.16. The number of fused-ring (bicyclic) bond motifs is 1. The van der Waals surface area contributed by atoms with E-state index in [-0.39, 0.29) is 0 Å². The molecular weight excluding hydrogens is 312 g/mol. The van der Waals surface area contributed by atoms with Crippen LogP contribution in [0.3, 0.4) is 0 Å². The standard InChI is InChI=1S/C21H26O2Si/c1-7-22-21-15(3)20-14(2)18(16-10-8-9-11-16)12-17(20)13-19(21)23-24(4,5)6/h8-10,12-13H,2,7,11H2,1,3-6H3. The quantitative estimate of drug-likeness (QED) is 0.622. The summed E-state index contributed by atoms with van der Waals surface area (Å²) in [6, 6.07) is 2.13. The van der Waals surface area contributed by atoms with Crippen LogP contribution in [0.2, 0.25) is 19.6 Å². The second-order valence-corrected chi connectivity index (χ2v) is 11.7. The third-order valence-electron chi connectivity index (χ3n) is 4.26. The maximum absolute atomic E-state index is 6.32. The molecule has 126 valence electrons. The summed E-state index contributed by atoms with van der Waals surface area (Å²) < 4.78 is 12.3. The highest BCUT2D eigenvalue weighted by Crippen LogP contribution is 2.47. The van der Waals surface area contributed by atoms with E-state index < -0.39 is 8.32 Å². The summed E-state index contributed by atoms with van der Waals surface area (Å²) in [5.41, 5.74) is 7.19. The first kappa shape index (κ1) is 16.8. The molecule has 0 heterocycles. The summed E-state index contributed by atoms with van der Waals surface area (Å²) in [6.07, 6.45) is 9.71. The van der Waals surface area contributed by atoms with Crippen molar-refractivity contribution in [2.75, 3.05) is 6.61 Å². The van der Waals surface area contributed by atoms with E-state index in [2.05, 4.69) is 63.5 Å². The molecule has 0 saturated heterocycles. The number of hydrogen-bond acceptors (Lipinski definition) is 2. The summed E-state index contributed by atoms with van der Waals surface area (Å²) in [5, 5.41) is 0. The maximum Gasteiger partial charge on any atom is 0.242 e. The molecule has 0 aliphatic heterocycles. The Kier molecular flexibility index (Phi) is 4.30. The number of ether oxygens (including phenoxy) is 1. The van der Waals surface area contributed by atoms with Crippen LogP contribution in [0.25, 0.3) is 11.6 Å². The van der Waals surface area contributed by atoms with Crippen LogP contribution >= 0.6 is 0 Å². The first-order valence-electron chi connectivity index (χ1n) is 8.58. The molecule has 2 aliphatic rings. The fourth-order valence-electron chi connectivity index (χ4n) is 3.35. The van der Waals surface area contributed by atoms with E-state index in [1.165, 1.54) is 22.3 Å². The molecule has 0 spiro atoms. The number of rotatable bonds is 5. The monoisotopic (exact) mass is 338 g/mol. The van der Waals surface area contributed by atoms with Gasteiger partial charge in [-0.05, 0) is 79.9 Å². The topological polar surface area (TPSA) is 18.5 Å². The van der Waals surface area contributed by atoms with Gasteiger partial charge < -0.3 is 9.16 Å². The van der Waals surface area contributed by atoms with E-state index in [0.29, 0.717) is 6.61 Å². The van der Waals surface area contributed by atoms with Crippen molar-refractivity contribution < 1.29 is 9.16 Å². The minimum absolute atomic E-state index is 0.628. The molecule has 1 aromatic carbocycles. The maximum atomic E-state index is 6.32. The normalized spacial score (nSPS) is 16.1. The molecule has 2 aliphatic carbocycles. The molecule has 3 heteroatoms. The fraction of sp³-hybridized carbons (Fsp3) is 0.333. The molecule has 1 aromatic rings. The molecule has 0 amide bonds. The van der Waals surface area contributed by atoms with Crippen LogP contribution in [0.5, 0.6) is 11.5 Å². The van der Waals surface area contributed by atoms with E-state index in [1.807, 2.05) is 6.92 Å². The highest BCUT2D eigenvalue weighted by molar-refractivity contribution is 6.70. The smallest absolute Gasteiger partial charge is 0.242 e. The highest BCUT2D eigenvalue weighted by atomic mass is 28.4. The van der Waals surface area contributed by atoms with Gasteiger partial charge in [0.1, 0.15) is 5.75 Å². The predicted octanol–water partition coefficient (Wildman–Crippen LogP) is 5.90. The lowest BCUT2D eigenvalue weighted by Crippen LogP contribution is -2.29. The van der Waals surface area contributed by atoms with Gasteiger partial charge in [0.15, 0.2) is 5.75 Å². The highest BCUT2D eigenvalue weighted by Gasteiger charge is 2.28. The summed E-state index contributed by atoms with van der Waals surface area (Å²) in [5.74, 6) is 1.74. The Labute approximate surface area is 146 Å². The van der Waals surface area contributed by atoms with Crippen molar-refractivity contribution in [1.29, 1.82) is 0 Å². The van der Waals surface area contributed by atoms with Crippen molar-refractivity contribution in [2.45, 2.75) is 39.9 Å². The van der Waals surface area contributed by atoms with Gasteiger partial charge >= 0.3 is 0 Å². The van der Waals surface area contributed by atoms with Gasteiger partial charge in [0.2, 0.25) is 8.32 Å². The van der Waals surface area contributed by atoms with Gasteiger partial charge in [0, 0.05) is 5.56 Å². The van der Waals surface area contributed by atoms with E-state index in [4.69, 9.17) is 9.16 Å². The first-order valence-corrected chi connectivity index (χ1v) is 12.0. The summed E-state index contributed by atoms with van der Waals surface area (Å²) >= 11 is 0. The van der Waals surface area contributed by atoms with E-state index in [0.717, 1.165) is 29.1 Å². The zero-order valence-electron chi connectivity index (χ0n) is 15.3. The molecule has 3 rings (SSSR count). The van der Waals surface area contributed by atoms with Crippen molar-refractivity contribution in [3.8, 4) is 11.5 Å². The van der Waals surface area contributed by atoms with E-state index in [1.54, 1.807) is 0 Å². The minimum atomic E-state index is -1.72. The Hall–Kier alpha value is -2.00. The summed E-state index contributed by atoms with van der Waals surface area (Å²) in [4.78, 5) is 0. The zero-order chi connectivity index (χ0) is 17.5. The van der Waals surface area contributed by atoms with Crippen molar-refractivity contribution in [3.63, 3.8) is 0 Å². The largest absolute Gasteiger partial charge is 0.542 e. The second-order valence-electron chi connectivity index (χ2n) is 7.30. The van der Waals surface area contributed by atoms with Crippen molar-refractivity contribution >= 4 is 20.0 Å². The van der Waals surface area contributed by atoms with E-state index >= 15 is 0 Å². The Balaban J connectivity index is 2.10. The molecule has 0 radical (unpaired) electrons. The summed E-state index contributed by atoms with van der Waals surface area (Å²) in [7, 11) is -1.72. The Morgan fingerprint density at radius 2 is 2.00 bits per heavy atom. The minimum Gasteiger partial charge on any atom is -0.542 e. The number of hydrogen-bond donors (Lipinski definition) is 0. The molecular formula is C21H26O2Si. The Bertz CT molecular complexity index is 789. The van der Waals surface area contributed by atoms with Gasteiger partial charge in [0.05, 0.1) is 6.61 Å². The molecule has 0 atom stereocenters. The van der Waals surface area contributed by atoms with Crippen LogP contribution in [0, 0.1) is 6.92 Å². The van der Waals surface area contributed by atoms with Crippen molar-refractivity contribution in [3.05, 3.63) is 58.7 Å². The lowest BCUT2D eigenvalue weighted by Gasteiger charge is -2.24. The van der Waals surface area contributed by atoms with Gasteiger partial charge in [-0.25, -0.2) is 0 Å². The van der Waals surface area contributed by atoms with Gasteiger partial charge in [-0.1, -0.05) is 24.8 Å². The SMILES string of the molecule is C=C1C(C2=CC=CC2)=Cc2cc(O[Si](C)(C)C)c(OCC)c(C)c21. The van der Waals surface area contributed by atoms with Gasteiger partial charge in [-0.2, -0.15) is 0 Å². The van der Waals surface area contributed by atoms with Crippen LogP contribution in [-0.4, -0.2) is 14.9 Å². The lowest BCUT2D eigenvalue weighted by molar-refractivity contribution is 0.324. The third kappa shape index (κ3) is 3.01. The van der Waals surface area contributed by atoms with Crippen LogP contribution in [0.4, 0.5) is 0 Å². The molecule has 0 fully saturated rings. The molecule has 0 N–H and O–H groups in total. The van der Waals surface area contributed by atoms with Crippen LogP contribution in [-0.2, 0) is 0 Å². The number of allylic oxidation sites excluding steroid dienone is 6. The Morgan fingerprint density at radius 3 is 2.58 bits per heavy atom. The van der Waals surface area contributed by atoms with E-state index in [9.17, 15) is 0 Å². The predicted molar refractivity (Wildman–Crippen MR) is 105 cm³/mol. The Morgan fingerprint density at radius 1 is 1.25 bits per heavy atom. The third-order valence-corrected chi connectivity index (χ3v) is 5.10. The lowest BCUT2D eigenvalue weighted by atomic mass is 9.95. The average molecular weight is 339 g/mol. The van der Waals surface area contributed by atoms with Crippen LogP contribution < -0.4 is 9.16 Å². The molecule has 0 unspecified atom stereocenters. The zero-order valence-corrected chi connectivity index (χ0v) is 16.3. The van der Waals surface area contributed by atoms with Gasteiger partial charge in [0.25, 0.3) is 0 Å². The first-order chi connectivity index (χ1) is 11.3. The second kappa shape index (κ2) is 6.13. The summed E-state index contributed by atoms with van der Waals surface area (Å²) in [6.45, 7) is 15.7. The van der Waals surface area contributed by atoms with Gasteiger partial charge in [-0.3, -0.25) is 0 Å².